The van der Waals surface area contributed by atoms with Crippen LogP contribution in [0.4, 0.5) is 5.13 Å². The molecule has 0 saturated carbocycles. The smallest absolute Gasteiger partial charge is 0.217 e. The number of aromatic nitrogens is 1. The van der Waals surface area contributed by atoms with Crippen LogP contribution in [0.2, 0.25) is 0 Å². The standard InChI is InChI=1S/C11H18N4OS/c1-8(16)14-9-2-4-15(5-3-9)7-10-6-13-11(12)17-10/h6,9H,2-5,7H2,1H3,(H2,12,13)(H,14,16). The van der Waals surface area contributed by atoms with Gasteiger partial charge in [-0.3, -0.25) is 9.69 Å². The number of amides is 1. The van der Waals surface area contributed by atoms with Crippen LogP contribution in [0.1, 0.15) is 24.6 Å². The summed E-state index contributed by atoms with van der Waals surface area (Å²) >= 11 is 1.55. The van der Waals surface area contributed by atoms with E-state index in [0.717, 1.165) is 32.5 Å². The van der Waals surface area contributed by atoms with Crippen LogP contribution in [-0.4, -0.2) is 34.9 Å². The predicted molar refractivity (Wildman–Crippen MR) is 68.6 cm³/mol. The summed E-state index contributed by atoms with van der Waals surface area (Å²) in [6.07, 6.45) is 3.89. The third-order valence-corrected chi connectivity index (χ3v) is 3.76. The van der Waals surface area contributed by atoms with Crippen molar-refractivity contribution in [3.8, 4) is 0 Å². The van der Waals surface area contributed by atoms with Crippen LogP contribution in [0.5, 0.6) is 0 Å². The van der Waals surface area contributed by atoms with Crippen molar-refractivity contribution >= 4 is 22.4 Å². The van der Waals surface area contributed by atoms with Crippen molar-refractivity contribution in [2.24, 2.45) is 0 Å². The lowest BCUT2D eigenvalue weighted by Crippen LogP contribution is -2.43. The van der Waals surface area contributed by atoms with Crippen LogP contribution < -0.4 is 11.1 Å². The zero-order valence-electron chi connectivity index (χ0n) is 9.98. The largest absolute Gasteiger partial charge is 0.375 e. The summed E-state index contributed by atoms with van der Waals surface area (Å²) in [5.41, 5.74) is 5.60. The minimum Gasteiger partial charge on any atom is -0.375 e. The molecule has 2 rings (SSSR count). The fourth-order valence-electron chi connectivity index (χ4n) is 2.14. The molecule has 5 nitrogen and oxygen atoms in total. The molecular formula is C11H18N4OS. The first-order valence-corrected chi connectivity index (χ1v) is 6.65. The number of anilines is 1. The van der Waals surface area contributed by atoms with E-state index < -0.39 is 0 Å². The molecule has 1 aromatic heterocycles. The van der Waals surface area contributed by atoms with E-state index in [1.54, 1.807) is 18.3 Å². The number of nitrogen functional groups attached to an aromatic ring is 1. The molecule has 0 radical (unpaired) electrons. The molecule has 0 unspecified atom stereocenters. The number of hydrogen-bond acceptors (Lipinski definition) is 5. The Labute approximate surface area is 105 Å². The van der Waals surface area contributed by atoms with Crippen LogP contribution in [0, 0.1) is 0 Å². The topological polar surface area (TPSA) is 71.2 Å². The highest BCUT2D eigenvalue weighted by atomic mass is 32.1. The Morgan fingerprint density at radius 1 is 1.65 bits per heavy atom. The van der Waals surface area contributed by atoms with Gasteiger partial charge in [0.1, 0.15) is 0 Å². The van der Waals surface area contributed by atoms with Gasteiger partial charge in [0.25, 0.3) is 0 Å². The molecule has 1 aromatic rings. The van der Waals surface area contributed by atoms with Crippen molar-refractivity contribution in [2.45, 2.75) is 32.4 Å². The third-order valence-electron chi connectivity index (χ3n) is 2.95. The van der Waals surface area contributed by atoms with Gasteiger partial charge in [-0.25, -0.2) is 4.98 Å². The molecule has 3 N–H and O–H groups in total. The molecule has 1 saturated heterocycles. The Balaban J connectivity index is 1.77. The summed E-state index contributed by atoms with van der Waals surface area (Å²) in [5, 5.41) is 3.61. The van der Waals surface area contributed by atoms with Crippen molar-refractivity contribution < 1.29 is 4.79 Å². The summed E-state index contributed by atoms with van der Waals surface area (Å²) in [6.45, 7) is 4.53. The highest BCUT2D eigenvalue weighted by molar-refractivity contribution is 7.15. The van der Waals surface area contributed by atoms with Gasteiger partial charge in [0, 0.05) is 43.7 Å². The molecule has 1 aliphatic heterocycles. The average Bonchev–Trinajstić information content (AvgIpc) is 2.66. The number of nitrogens with zero attached hydrogens (tertiary/aromatic N) is 2. The summed E-state index contributed by atoms with van der Waals surface area (Å²) in [5.74, 6) is 0.0682. The van der Waals surface area contributed by atoms with Gasteiger partial charge in [0.15, 0.2) is 5.13 Å². The molecule has 0 aromatic carbocycles. The molecule has 2 heterocycles. The van der Waals surface area contributed by atoms with E-state index >= 15 is 0 Å². The summed E-state index contributed by atoms with van der Waals surface area (Å²) < 4.78 is 0. The van der Waals surface area contributed by atoms with Gasteiger partial charge in [0.05, 0.1) is 0 Å². The lowest BCUT2D eigenvalue weighted by molar-refractivity contribution is -0.119. The van der Waals surface area contributed by atoms with E-state index in [2.05, 4.69) is 15.2 Å². The molecule has 1 aliphatic rings. The summed E-state index contributed by atoms with van der Waals surface area (Å²) in [6, 6.07) is 0.343. The summed E-state index contributed by atoms with van der Waals surface area (Å²) in [4.78, 5) is 18.6. The molecule has 0 atom stereocenters. The fourth-order valence-corrected chi connectivity index (χ4v) is 2.87. The van der Waals surface area contributed by atoms with Crippen molar-refractivity contribution in [2.75, 3.05) is 18.8 Å². The second-order valence-electron chi connectivity index (χ2n) is 4.42. The van der Waals surface area contributed by atoms with Crippen molar-refractivity contribution in [1.82, 2.24) is 15.2 Å². The van der Waals surface area contributed by atoms with Crippen LogP contribution >= 0.6 is 11.3 Å². The van der Waals surface area contributed by atoms with Gasteiger partial charge < -0.3 is 11.1 Å². The molecule has 0 bridgehead atoms. The fraction of sp³-hybridized carbons (Fsp3) is 0.636. The Morgan fingerprint density at radius 2 is 2.35 bits per heavy atom. The molecule has 0 aliphatic carbocycles. The number of carbonyl (C=O) groups is 1. The van der Waals surface area contributed by atoms with Crippen LogP contribution in [-0.2, 0) is 11.3 Å². The first kappa shape index (κ1) is 12.3. The van der Waals surface area contributed by atoms with Gasteiger partial charge in [-0.05, 0) is 12.8 Å². The number of nitrogens with one attached hydrogen (secondary N) is 1. The lowest BCUT2D eigenvalue weighted by Gasteiger charge is -2.31. The second kappa shape index (κ2) is 5.46. The van der Waals surface area contributed by atoms with Crippen molar-refractivity contribution in [3.05, 3.63) is 11.1 Å². The van der Waals surface area contributed by atoms with Gasteiger partial charge in [-0.15, -0.1) is 11.3 Å². The van der Waals surface area contributed by atoms with E-state index in [-0.39, 0.29) is 5.91 Å². The first-order chi connectivity index (χ1) is 8.13. The minimum atomic E-state index is 0.0682. The molecule has 0 spiro atoms. The predicted octanol–water partition coefficient (Wildman–Crippen LogP) is 0.826. The number of rotatable bonds is 3. The van der Waals surface area contributed by atoms with Gasteiger partial charge in [-0.2, -0.15) is 0 Å². The van der Waals surface area contributed by atoms with Crippen molar-refractivity contribution in [1.29, 1.82) is 0 Å². The molecule has 17 heavy (non-hydrogen) atoms. The number of thiazole rings is 1. The highest BCUT2D eigenvalue weighted by Gasteiger charge is 2.20. The molecule has 1 fully saturated rings. The van der Waals surface area contributed by atoms with Gasteiger partial charge in [-0.1, -0.05) is 0 Å². The normalized spacial score (nSPS) is 18.2. The van der Waals surface area contributed by atoms with Crippen LogP contribution in [0.3, 0.4) is 0 Å². The Kier molecular flexibility index (Phi) is 3.96. The number of piperidine rings is 1. The molecule has 6 heteroatoms. The summed E-state index contributed by atoms with van der Waals surface area (Å²) in [7, 11) is 0. The monoisotopic (exact) mass is 254 g/mol. The van der Waals surface area contributed by atoms with Gasteiger partial charge >= 0.3 is 0 Å². The number of hydrogen-bond donors (Lipinski definition) is 2. The Morgan fingerprint density at radius 3 is 2.88 bits per heavy atom. The Hall–Kier alpha value is -1.14. The van der Waals surface area contributed by atoms with Crippen LogP contribution in [0.25, 0.3) is 0 Å². The van der Waals surface area contributed by atoms with E-state index in [9.17, 15) is 4.79 Å². The van der Waals surface area contributed by atoms with E-state index in [1.807, 2.05) is 6.20 Å². The highest BCUT2D eigenvalue weighted by Crippen LogP contribution is 2.19. The zero-order chi connectivity index (χ0) is 12.3. The van der Waals surface area contributed by atoms with E-state index in [4.69, 9.17) is 5.73 Å². The molecular weight excluding hydrogens is 236 g/mol. The maximum atomic E-state index is 10.9. The zero-order valence-corrected chi connectivity index (χ0v) is 10.8. The number of carbonyl (C=O) groups excluding carboxylic acids is 1. The Bertz CT molecular complexity index is 385. The van der Waals surface area contributed by atoms with E-state index in [0.29, 0.717) is 11.2 Å². The van der Waals surface area contributed by atoms with Gasteiger partial charge in [0.2, 0.25) is 5.91 Å². The minimum absolute atomic E-state index is 0.0682. The number of likely N-dealkylation sites (tertiary alicyclic amines) is 1. The molecule has 94 valence electrons. The third kappa shape index (κ3) is 3.67. The molecule has 1 amide bonds. The van der Waals surface area contributed by atoms with Crippen molar-refractivity contribution in [3.63, 3.8) is 0 Å². The quantitative estimate of drug-likeness (QED) is 0.838. The average molecular weight is 254 g/mol. The SMILES string of the molecule is CC(=O)NC1CCN(Cc2cnc(N)s2)CC1. The maximum Gasteiger partial charge on any atom is 0.217 e. The number of nitrogens with two attached hydrogens (primary N) is 1. The lowest BCUT2D eigenvalue weighted by atomic mass is 10.1. The second-order valence-corrected chi connectivity index (χ2v) is 5.56. The van der Waals surface area contributed by atoms with Crippen LogP contribution in [0.15, 0.2) is 6.20 Å². The maximum absolute atomic E-state index is 10.9. The van der Waals surface area contributed by atoms with E-state index in [1.165, 1.54) is 4.88 Å². The first-order valence-electron chi connectivity index (χ1n) is 5.83.